The molecule has 3 aromatic heterocycles. The second-order valence-electron chi connectivity index (χ2n) is 8.76. The number of ether oxygens (including phenoxy) is 1. The van der Waals surface area contributed by atoms with Crippen molar-refractivity contribution in [1.29, 1.82) is 0 Å². The molecule has 5 rings (SSSR count). The second kappa shape index (κ2) is 8.52. The fraction of sp³-hybridized carbons (Fsp3) is 0.391. The molecule has 0 saturated carbocycles. The number of carbonyl (C=O) groups is 1. The molecular weight excluding hydrogens is 463 g/mol. The number of carbonyl (C=O) groups excluding carboxylic acids is 1. The maximum atomic E-state index is 13.3. The van der Waals surface area contributed by atoms with Gasteiger partial charge in [0.25, 0.3) is 0 Å². The molecular formula is C23H24F3N7O2. The van der Waals surface area contributed by atoms with Crippen molar-refractivity contribution in [3.63, 3.8) is 0 Å². The summed E-state index contributed by atoms with van der Waals surface area (Å²) in [5.41, 5.74) is 5.82. The van der Waals surface area contributed by atoms with Gasteiger partial charge in [-0.3, -0.25) is 9.67 Å². The number of nitrogens with one attached hydrogen (secondary N) is 1. The molecule has 2 aliphatic rings. The maximum absolute atomic E-state index is 13.3. The van der Waals surface area contributed by atoms with E-state index in [1.165, 1.54) is 6.20 Å². The van der Waals surface area contributed by atoms with Crippen molar-refractivity contribution in [3.05, 3.63) is 59.7 Å². The molecule has 2 amide bonds. The van der Waals surface area contributed by atoms with Crippen LogP contribution in [0.5, 0.6) is 0 Å². The van der Waals surface area contributed by atoms with Crippen molar-refractivity contribution in [2.75, 3.05) is 25.4 Å². The number of nitrogens with zero attached hydrogens (tertiary/aromatic N) is 5. The summed E-state index contributed by atoms with van der Waals surface area (Å²) in [6, 6.07) is 5.93. The van der Waals surface area contributed by atoms with Crippen molar-refractivity contribution in [2.45, 2.75) is 37.7 Å². The number of urea groups is 1. The van der Waals surface area contributed by atoms with Gasteiger partial charge in [0.1, 0.15) is 11.4 Å². The van der Waals surface area contributed by atoms with E-state index >= 15 is 0 Å². The van der Waals surface area contributed by atoms with E-state index in [4.69, 9.17) is 10.5 Å². The lowest BCUT2D eigenvalue weighted by Gasteiger charge is -2.34. The molecule has 1 saturated heterocycles. The van der Waals surface area contributed by atoms with Crippen LogP contribution in [0.2, 0.25) is 0 Å². The second-order valence-corrected chi connectivity index (χ2v) is 8.76. The van der Waals surface area contributed by atoms with Crippen molar-refractivity contribution in [3.8, 4) is 11.3 Å². The van der Waals surface area contributed by atoms with E-state index in [0.29, 0.717) is 38.4 Å². The minimum atomic E-state index is -4.62. The van der Waals surface area contributed by atoms with Crippen LogP contribution in [0.25, 0.3) is 11.3 Å². The summed E-state index contributed by atoms with van der Waals surface area (Å²) >= 11 is 0. The summed E-state index contributed by atoms with van der Waals surface area (Å²) in [4.78, 5) is 22.4. The van der Waals surface area contributed by atoms with Gasteiger partial charge in [-0.1, -0.05) is 6.07 Å². The number of amides is 2. The molecule has 12 heteroatoms. The van der Waals surface area contributed by atoms with Crippen LogP contribution in [0.3, 0.4) is 0 Å². The number of hydrogen-bond donors (Lipinski definition) is 2. The molecule has 1 fully saturated rings. The zero-order valence-electron chi connectivity index (χ0n) is 18.9. The van der Waals surface area contributed by atoms with Crippen LogP contribution < -0.4 is 11.1 Å². The van der Waals surface area contributed by atoms with Crippen molar-refractivity contribution in [1.82, 2.24) is 30.0 Å². The Hall–Kier alpha value is -3.67. The van der Waals surface area contributed by atoms with Crippen LogP contribution in [0, 0.1) is 0 Å². The zero-order chi connectivity index (χ0) is 24.8. The van der Waals surface area contributed by atoms with Crippen LogP contribution in [0.4, 0.5) is 23.8 Å². The highest BCUT2D eigenvalue weighted by molar-refractivity contribution is 5.75. The molecule has 2 aliphatic heterocycles. The molecule has 0 bridgehead atoms. The van der Waals surface area contributed by atoms with E-state index in [2.05, 4.69) is 20.4 Å². The quantitative estimate of drug-likeness (QED) is 0.586. The lowest BCUT2D eigenvalue weighted by atomic mass is 9.96. The Bertz CT molecular complexity index is 1250. The summed E-state index contributed by atoms with van der Waals surface area (Å²) < 4.78 is 47.8. The largest absolute Gasteiger partial charge is 0.419 e. The average molecular weight is 487 g/mol. The van der Waals surface area contributed by atoms with Gasteiger partial charge >= 0.3 is 12.2 Å². The minimum absolute atomic E-state index is 0.210. The fourth-order valence-corrected chi connectivity index (χ4v) is 4.61. The number of likely N-dealkylation sites (tertiary alicyclic amines) is 1. The standard InChI is InChI=1S/C23H24F3N7O2/c1-14(15-3-2-5-28-11-15)30-21(34)32-6-4-22(13-32)19-10-18(31-33(19)7-8-35-22)16-9-17(23(24,25)26)20(27)29-12-16/h2-3,5,9-12,14H,4,6-8,13H2,1H3,(H2,27,29)(H,30,34). The van der Waals surface area contributed by atoms with Gasteiger partial charge in [-0.2, -0.15) is 18.3 Å². The number of pyridine rings is 2. The molecule has 0 aliphatic carbocycles. The molecule has 3 N–H and O–H groups in total. The molecule has 0 aromatic carbocycles. The van der Waals surface area contributed by atoms with Gasteiger partial charge in [0, 0.05) is 37.1 Å². The summed E-state index contributed by atoms with van der Waals surface area (Å²) in [7, 11) is 0. The summed E-state index contributed by atoms with van der Waals surface area (Å²) in [5.74, 6) is -0.581. The fourth-order valence-electron chi connectivity index (χ4n) is 4.61. The predicted octanol–water partition coefficient (Wildman–Crippen LogP) is 3.34. The monoisotopic (exact) mass is 487 g/mol. The number of nitrogen functional groups attached to an aromatic ring is 1. The van der Waals surface area contributed by atoms with Crippen molar-refractivity contribution < 1.29 is 22.7 Å². The predicted molar refractivity (Wildman–Crippen MR) is 120 cm³/mol. The Balaban J connectivity index is 1.37. The van der Waals surface area contributed by atoms with Gasteiger partial charge in [-0.15, -0.1) is 0 Å². The minimum Gasteiger partial charge on any atom is -0.383 e. The lowest BCUT2D eigenvalue weighted by molar-refractivity contribution is -0.137. The van der Waals surface area contributed by atoms with Crippen LogP contribution in [0.1, 0.15) is 36.2 Å². The van der Waals surface area contributed by atoms with E-state index in [-0.39, 0.29) is 17.6 Å². The highest BCUT2D eigenvalue weighted by atomic mass is 19.4. The first-order valence-electron chi connectivity index (χ1n) is 11.2. The number of hydrogen-bond acceptors (Lipinski definition) is 6. The third-order valence-corrected chi connectivity index (χ3v) is 6.49. The Kier molecular flexibility index (Phi) is 5.62. The van der Waals surface area contributed by atoms with Gasteiger partial charge in [0.2, 0.25) is 0 Å². The number of fused-ring (bicyclic) bond motifs is 2. The average Bonchev–Trinajstić information content (AvgIpc) is 3.46. The molecule has 2 atom stereocenters. The molecule has 0 radical (unpaired) electrons. The van der Waals surface area contributed by atoms with Crippen LogP contribution in [-0.4, -0.2) is 50.4 Å². The number of halogens is 3. The van der Waals surface area contributed by atoms with Crippen molar-refractivity contribution in [2.24, 2.45) is 0 Å². The van der Waals surface area contributed by atoms with Crippen LogP contribution >= 0.6 is 0 Å². The van der Waals surface area contributed by atoms with E-state index in [1.54, 1.807) is 28.0 Å². The third kappa shape index (κ3) is 4.29. The molecule has 3 aromatic rings. The Morgan fingerprint density at radius 2 is 2.11 bits per heavy atom. The van der Waals surface area contributed by atoms with Gasteiger partial charge in [-0.25, -0.2) is 9.78 Å². The summed E-state index contributed by atoms with van der Waals surface area (Å²) in [6.45, 7) is 3.49. The Morgan fingerprint density at radius 3 is 2.86 bits per heavy atom. The van der Waals surface area contributed by atoms with Gasteiger partial charge < -0.3 is 20.7 Å². The third-order valence-electron chi connectivity index (χ3n) is 6.49. The van der Waals surface area contributed by atoms with E-state index in [0.717, 1.165) is 17.3 Å². The van der Waals surface area contributed by atoms with Crippen molar-refractivity contribution >= 4 is 11.8 Å². The van der Waals surface area contributed by atoms with Crippen LogP contribution in [-0.2, 0) is 23.1 Å². The smallest absolute Gasteiger partial charge is 0.383 e. The normalized spacial score (nSPS) is 20.6. The highest BCUT2D eigenvalue weighted by Crippen LogP contribution is 2.41. The summed E-state index contributed by atoms with van der Waals surface area (Å²) in [6.07, 6.45) is 0.575. The Labute approximate surface area is 199 Å². The molecule has 184 valence electrons. The first kappa shape index (κ1) is 23.1. The Morgan fingerprint density at radius 1 is 1.29 bits per heavy atom. The number of rotatable bonds is 3. The number of aromatic nitrogens is 4. The number of alkyl halides is 3. The lowest BCUT2D eigenvalue weighted by Crippen LogP contribution is -2.44. The first-order valence-corrected chi connectivity index (χ1v) is 11.2. The molecule has 5 heterocycles. The van der Waals surface area contributed by atoms with E-state index in [9.17, 15) is 18.0 Å². The van der Waals surface area contributed by atoms with Crippen LogP contribution in [0.15, 0.2) is 42.9 Å². The van der Waals surface area contributed by atoms with Gasteiger partial charge in [0.05, 0.1) is 42.7 Å². The first-order chi connectivity index (χ1) is 16.7. The van der Waals surface area contributed by atoms with Gasteiger partial charge in [-0.05, 0) is 30.7 Å². The molecule has 9 nitrogen and oxygen atoms in total. The van der Waals surface area contributed by atoms with Gasteiger partial charge in [0.15, 0.2) is 0 Å². The number of anilines is 1. The highest BCUT2D eigenvalue weighted by Gasteiger charge is 2.47. The summed E-state index contributed by atoms with van der Waals surface area (Å²) in [5, 5.41) is 7.50. The molecule has 1 spiro atoms. The zero-order valence-corrected chi connectivity index (χ0v) is 18.9. The SMILES string of the molecule is CC(NC(=O)N1CCC2(C1)OCCn1nc(-c3cnc(N)c(C(F)(F)F)c3)cc12)c1cccnc1. The number of nitrogens with two attached hydrogens (primary N) is 1. The van der Waals surface area contributed by atoms with E-state index < -0.39 is 23.2 Å². The molecule has 2 unspecified atom stereocenters. The van der Waals surface area contributed by atoms with E-state index in [1.807, 2.05) is 19.1 Å². The topological polar surface area (TPSA) is 111 Å². The molecule has 35 heavy (non-hydrogen) atoms. The maximum Gasteiger partial charge on any atom is 0.419 e.